The van der Waals surface area contributed by atoms with Gasteiger partial charge >= 0.3 is 0 Å². The Hall–Kier alpha value is -2.29. The van der Waals surface area contributed by atoms with E-state index in [2.05, 4.69) is 50.4 Å². The Labute approximate surface area is 156 Å². The normalized spacial score (nSPS) is 16.9. The number of benzene rings is 2. The summed E-state index contributed by atoms with van der Waals surface area (Å²) in [6.07, 6.45) is 5.19. The number of anilines is 1. The molecule has 3 heteroatoms. The van der Waals surface area contributed by atoms with E-state index < -0.39 is 5.41 Å². The van der Waals surface area contributed by atoms with Gasteiger partial charge < -0.3 is 10.1 Å². The number of carbonyl (C=O) groups is 1. The van der Waals surface area contributed by atoms with Gasteiger partial charge in [0.2, 0.25) is 5.91 Å². The SMILES string of the molecule is CC[C@@H](C)Oc1ccc(NC(=O)C2(c3cccc(C)c3)CCCC2)cc1. The summed E-state index contributed by atoms with van der Waals surface area (Å²) in [6.45, 7) is 6.24. The molecule has 1 fully saturated rings. The van der Waals surface area contributed by atoms with Crippen molar-refractivity contribution in [3.8, 4) is 5.75 Å². The Bertz CT molecular complexity index is 745. The molecule has 0 spiro atoms. The lowest BCUT2D eigenvalue weighted by molar-refractivity contribution is -0.121. The minimum Gasteiger partial charge on any atom is -0.491 e. The van der Waals surface area contributed by atoms with Crippen LogP contribution in [0, 0.1) is 6.92 Å². The molecule has 1 N–H and O–H groups in total. The largest absolute Gasteiger partial charge is 0.491 e. The molecule has 26 heavy (non-hydrogen) atoms. The fourth-order valence-corrected chi connectivity index (χ4v) is 3.75. The van der Waals surface area contributed by atoms with E-state index in [1.807, 2.05) is 24.3 Å². The van der Waals surface area contributed by atoms with Gasteiger partial charge in [-0.2, -0.15) is 0 Å². The van der Waals surface area contributed by atoms with Crippen molar-refractivity contribution in [1.29, 1.82) is 0 Å². The summed E-state index contributed by atoms with van der Waals surface area (Å²) >= 11 is 0. The average Bonchev–Trinajstić information content (AvgIpc) is 3.14. The molecule has 138 valence electrons. The van der Waals surface area contributed by atoms with Gasteiger partial charge in [-0.05, 0) is 62.9 Å². The predicted molar refractivity (Wildman–Crippen MR) is 107 cm³/mol. The van der Waals surface area contributed by atoms with E-state index in [9.17, 15) is 4.79 Å². The molecule has 3 nitrogen and oxygen atoms in total. The monoisotopic (exact) mass is 351 g/mol. The maximum Gasteiger partial charge on any atom is 0.235 e. The van der Waals surface area contributed by atoms with Crippen molar-refractivity contribution < 1.29 is 9.53 Å². The van der Waals surface area contributed by atoms with Crippen LogP contribution >= 0.6 is 0 Å². The van der Waals surface area contributed by atoms with Crippen molar-refractivity contribution in [2.45, 2.75) is 64.4 Å². The summed E-state index contributed by atoms with van der Waals surface area (Å²) in [5.41, 5.74) is 2.76. The van der Waals surface area contributed by atoms with E-state index in [1.165, 1.54) is 5.56 Å². The molecular weight excluding hydrogens is 322 g/mol. The first kappa shape index (κ1) is 18.5. The molecule has 1 amide bonds. The van der Waals surface area contributed by atoms with Crippen LogP contribution in [0.2, 0.25) is 0 Å². The van der Waals surface area contributed by atoms with E-state index in [1.54, 1.807) is 0 Å². The summed E-state index contributed by atoms with van der Waals surface area (Å²) in [7, 11) is 0. The first-order valence-electron chi connectivity index (χ1n) is 9.69. The Morgan fingerprint density at radius 2 is 1.85 bits per heavy atom. The zero-order chi connectivity index (χ0) is 18.6. The second-order valence-corrected chi connectivity index (χ2v) is 7.47. The molecule has 2 aromatic carbocycles. The highest BCUT2D eigenvalue weighted by Gasteiger charge is 2.42. The van der Waals surface area contributed by atoms with Crippen LogP contribution in [-0.4, -0.2) is 12.0 Å². The van der Waals surface area contributed by atoms with Crippen LogP contribution in [0.5, 0.6) is 5.75 Å². The van der Waals surface area contributed by atoms with Gasteiger partial charge in [0.15, 0.2) is 0 Å². The van der Waals surface area contributed by atoms with E-state index in [4.69, 9.17) is 4.74 Å². The van der Waals surface area contributed by atoms with Crippen LogP contribution in [-0.2, 0) is 10.2 Å². The van der Waals surface area contributed by atoms with Gasteiger partial charge in [-0.3, -0.25) is 4.79 Å². The lowest BCUT2D eigenvalue weighted by Crippen LogP contribution is -2.38. The maximum absolute atomic E-state index is 13.2. The molecule has 1 aliphatic carbocycles. The molecule has 0 bridgehead atoms. The average molecular weight is 351 g/mol. The molecule has 0 aliphatic heterocycles. The van der Waals surface area contributed by atoms with Crippen LogP contribution < -0.4 is 10.1 Å². The van der Waals surface area contributed by atoms with Crippen molar-refractivity contribution in [3.63, 3.8) is 0 Å². The molecule has 0 heterocycles. The number of rotatable bonds is 6. The van der Waals surface area contributed by atoms with Crippen molar-refractivity contribution in [2.24, 2.45) is 0 Å². The van der Waals surface area contributed by atoms with Gasteiger partial charge in [-0.1, -0.05) is 49.6 Å². The van der Waals surface area contributed by atoms with Crippen molar-refractivity contribution in [3.05, 3.63) is 59.7 Å². The van der Waals surface area contributed by atoms with Gasteiger partial charge in [0.05, 0.1) is 11.5 Å². The van der Waals surface area contributed by atoms with Crippen LogP contribution in [0.15, 0.2) is 48.5 Å². The van der Waals surface area contributed by atoms with Crippen molar-refractivity contribution >= 4 is 11.6 Å². The minimum atomic E-state index is -0.405. The van der Waals surface area contributed by atoms with E-state index in [-0.39, 0.29) is 12.0 Å². The van der Waals surface area contributed by atoms with Crippen LogP contribution in [0.4, 0.5) is 5.69 Å². The zero-order valence-electron chi connectivity index (χ0n) is 16.0. The zero-order valence-corrected chi connectivity index (χ0v) is 16.0. The van der Waals surface area contributed by atoms with E-state index >= 15 is 0 Å². The van der Waals surface area contributed by atoms with Crippen molar-refractivity contribution in [2.75, 3.05) is 5.32 Å². The molecule has 0 saturated heterocycles. The number of hydrogen-bond acceptors (Lipinski definition) is 2. The van der Waals surface area contributed by atoms with Gasteiger partial charge in [0.1, 0.15) is 5.75 Å². The summed E-state index contributed by atoms with van der Waals surface area (Å²) in [5, 5.41) is 3.14. The smallest absolute Gasteiger partial charge is 0.235 e. The van der Waals surface area contributed by atoms with Gasteiger partial charge in [-0.15, -0.1) is 0 Å². The molecule has 2 aromatic rings. The lowest BCUT2D eigenvalue weighted by atomic mass is 9.77. The molecule has 1 atom stereocenters. The quantitative estimate of drug-likeness (QED) is 0.733. The number of nitrogens with one attached hydrogen (secondary N) is 1. The second kappa shape index (κ2) is 7.94. The molecule has 0 radical (unpaired) electrons. The highest BCUT2D eigenvalue weighted by molar-refractivity contribution is 5.99. The Morgan fingerprint density at radius 3 is 2.46 bits per heavy atom. The Balaban J connectivity index is 1.77. The van der Waals surface area contributed by atoms with Gasteiger partial charge in [-0.25, -0.2) is 0 Å². The minimum absolute atomic E-state index is 0.108. The summed E-state index contributed by atoms with van der Waals surface area (Å²) in [6, 6.07) is 16.1. The Morgan fingerprint density at radius 1 is 1.15 bits per heavy atom. The van der Waals surface area contributed by atoms with E-state index in [0.29, 0.717) is 0 Å². The fraction of sp³-hybridized carbons (Fsp3) is 0.435. The molecule has 0 unspecified atom stereocenters. The standard InChI is InChI=1S/C23H29NO2/c1-4-18(3)26-21-12-10-20(11-13-21)24-22(25)23(14-5-6-15-23)19-9-7-8-17(2)16-19/h7-13,16,18H,4-6,14-15H2,1-3H3,(H,24,25)/t18-/m1/s1. The molecule has 1 aliphatic rings. The molecule has 3 rings (SSSR count). The number of amides is 1. The summed E-state index contributed by atoms with van der Waals surface area (Å²) in [5.74, 6) is 0.947. The second-order valence-electron chi connectivity index (χ2n) is 7.47. The number of aryl methyl sites for hydroxylation is 1. The third-order valence-electron chi connectivity index (χ3n) is 5.49. The highest BCUT2D eigenvalue weighted by Crippen LogP contribution is 2.42. The lowest BCUT2D eigenvalue weighted by Gasteiger charge is -2.28. The van der Waals surface area contributed by atoms with Crippen molar-refractivity contribution in [1.82, 2.24) is 0 Å². The predicted octanol–water partition coefficient (Wildman–Crippen LogP) is 5.62. The third kappa shape index (κ3) is 3.92. The van der Waals surface area contributed by atoms with Gasteiger partial charge in [0, 0.05) is 5.69 Å². The van der Waals surface area contributed by atoms with Crippen LogP contribution in [0.3, 0.4) is 0 Å². The molecule has 1 saturated carbocycles. The van der Waals surface area contributed by atoms with Crippen LogP contribution in [0.1, 0.15) is 57.1 Å². The topological polar surface area (TPSA) is 38.3 Å². The third-order valence-corrected chi connectivity index (χ3v) is 5.49. The first-order valence-corrected chi connectivity index (χ1v) is 9.69. The maximum atomic E-state index is 13.2. The summed E-state index contributed by atoms with van der Waals surface area (Å²) in [4.78, 5) is 13.2. The number of hydrogen-bond donors (Lipinski definition) is 1. The Kier molecular flexibility index (Phi) is 5.65. The van der Waals surface area contributed by atoms with Crippen LogP contribution in [0.25, 0.3) is 0 Å². The highest BCUT2D eigenvalue weighted by atomic mass is 16.5. The van der Waals surface area contributed by atoms with E-state index in [0.717, 1.165) is 49.1 Å². The fourth-order valence-electron chi connectivity index (χ4n) is 3.75. The molecule has 0 aromatic heterocycles. The van der Waals surface area contributed by atoms with Gasteiger partial charge in [0.25, 0.3) is 0 Å². The molecular formula is C23H29NO2. The number of carbonyl (C=O) groups excluding carboxylic acids is 1. The summed E-state index contributed by atoms with van der Waals surface area (Å²) < 4.78 is 5.81. The first-order chi connectivity index (χ1) is 12.5. The number of ether oxygens (including phenoxy) is 1.